The number of nitrogens with zero attached hydrogens (tertiary/aromatic N) is 7. The number of hydrogen-bond donors (Lipinski definition) is 3. The molecule has 2 saturated heterocycles. The molecule has 6 heterocycles. The van der Waals surface area contributed by atoms with Gasteiger partial charge in [0, 0.05) is 74.9 Å². The molecule has 2 atom stereocenters. The number of benzene rings is 4. The van der Waals surface area contributed by atoms with Crippen molar-refractivity contribution in [2.24, 2.45) is 18.9 Å². The third-order valence-electron chi connectivity index (χ3n) is 15.9. The van der Waals surface area contributed by atoms with Gasteiger partial charge in [-0.15, -0.1) is 0 Å². The molecule has 3 amide bonds. The molecule has 15 nitrogen and oxygen atoms in total. The van der Waals surface area contributed by atoms with Crippen molar-refractivity contribution >= 4 is 72.8 Å². The summed E-state index contributed by atoms with van der Waals surface area (Å²) in [6, 6.07) is 29.6. The van der Waals surface area contributed by atoms with Crippen LogP contribution in [0.25, 0.3) is 32.2 Å². The van der Waals surface area contributed by atoms with E-state index in [0.717, 1.165) is 113 Å². The van der Waals surface area contributed by atoms with Gasteiger partial charge < -0.3 is 19.6 Å². The number of piperazine rings is 1. The molecule has 74 heavy (non-hydrogen) atoms. The number of fused-ring (bicyclic) bond motifs is 3. The molecule has 0 spiro atoms. The molecule has 3 fully saturated rings. The second kappa shape index (κ2) is 21.0. The van der Waals surface area contributed by atoms with Gasteiger partial charge in [-0.25, -0.2) is 14.8 Å². The summed E-state index contributed by atoms with van der Waals surface area (Å²) in [4.78, 5) is 67.4. The molecule has 3 aromatic heterocycles. The number of carbonyl (C=O) groups is 4. The van der Waals surface area contributed by atoms with Gasteiger partial charge in [-0.1, -0.05) is 54.7 Å². The van der Waals surface area contributed by atoms with Gasteiger partial charge in [-0.2, -0.15) is 5.10 Å². The van der Waals surface area contributed by atoms with E-state index in [0.29, 0.717) is 66.3 Å². The zero-order chi connectivity index (χ0) is 51.0. The number of imide groups is 1. The van der Waals surface area contributed by atoms with Crippen molar-refractivity contribution in [1.29, 1.82) is 0 Å². The number of aromatic carboxylic acids is 1. The number of thiazole rings is 1. The number of carboxylic acids is 1. The standard InChI is InChI=1S/C58H63N9O6S/c1-35(24-26-65-28-30-66(31-29-65)39-16-19-44-48(33-39)64(3)63-53(44)45-21-23-52(68)61-56(45)70)32-37-14-17-40(18-15-37)73-49-12-7-9-41(36(49)2)42-20-22-51(60-54(42)57(71)72)67-27-25-38-8-6-10-43(46(38)34-67)55(69)62-58-59-47-11-4-5-13-50(47)74-58/h4-13,16,19-20,22,33,35,37,40,45H,14-15,17-18,21,23-32,34H2,1-3H3,(H,71,72)(H,59,62,69)(H,61,68,70)/t35-,37-,40-,45?/m1/s1. The fourth-order valence-electron chi connectivity index (χ4n) is 11.8. The molecular formula is C58H63N9O6S. The highest BCUT2D eigenvalue weighted by Gasteiger charge is 2.33. The minimum Gasteiger partial charge on any atom is -0.490 e. The van der Waals surface area contributed by atoms with Crippen LogP contribution >= 0.6 is 11.3 Å². The van der Waals surface area contributed by atoms with Crippen LogP contribution in [0.3, 0.4) is 0 Å². The minimum absolute atomic E-state index is 0.0177. The number of hydrogen-bond acceptors (Lipinski definition) is 12. The first kappa shape index (κ1) is 49.1. The Morgan fingerprint density at radius 1 is 0.865 bits per heavy atom. The van der Waals surface area contributed by atoms with E-state index in [2.05, 4.69) is 61.5 Å². The van der Waals surface area contributed by atoms with Crippen molar-refractivity contribution in [1.82, 2.24) is 30.0 Å². The summed E-state index contributed by atoms with van der Waals surface area (Å²) in [6.07, 6.45) is 8.27. The quantitative estimate of drug-likeness (QED) is 0.0882. The topological polar surface area (TPSA) is 175 Å². The Morgan fingerprint density at radius 2 is 1.68 bits per heavy atom. The van der Waals surface area contributed by atoms with Gasteiger partial charge in [0.2, 0.25) is 11.8 Å². The van der Waals surface area contributed by atoms with Gasteiger partial charge in [0.05, 0.1) is 33.4 Å². The average Bonchev–Trinajstić information content (AvgIpc) is 3.98. The highest BCUT2D eigenvalue weighted by atomic mass is 32.1. The Bertz CT molecular complexity index is 3250. The van der Waals surface area contributed by atoms with Crippen LogP contribution in [-0.4, -0.2) is 98.8 Å². The van der Waals surface area contributed by atoms with E-state index in [-0.39, 0.29) is 29.5 Å². The summed E-state index contributed by atoms with van der Waals surface area (Å²) >= 11 is 1.44. The number of nitrogens with one attached hydrogen (secondary N) is 2. The van der Waals surface area contributed by atoms with Gasteiger partial charge in [0.15, 0.2) is 10.8 Å². The van der Waals surface area contributed by atoms with Crippen LogP contribution < -0.4 is 25.2 Å². The van der Waals surface area contributed by atoms with E-state index in [1.807, 2.05) is 85.4 Å². The Morgan fingerprint density at radius 3 is 2.47 bits per heavy atom. The number of rotatable bonds is 14. The van der Waals surface area contributed by atoms with Crippen LogP contribution in [0, 0.1) is 18.8 Å². The Labute approximate surface area is 434 Å². The molecule has 1 unspecified atom stereocenters. The fourth-order valence-corrected chi connectivity index (χ4v) is 12.6. The molecule has 16 heteroatoms. The number of carbonyl (C=O) groups excluding carboxylic acids is 3. The normalized spacial score (nSPS) is 19.9. The highest BCUT2D eigenvalue weighted by Crippen LogP contribution is 2.38. The van der Waals surface area contributed by atoms with E-state index in [1.165, 1.54) is 29.9 Å². The Kier molecular flexibility index (Phi) is 13.9. The summed E-state index contributed by atoms with van der Waals surface area (Å²) in [5.74, 6) is 0.432. The molecule has 0 radical (unpaired) electrons. The molecule has 3 N–H and O–H groups in total. The predicted octanol–water partition coefficient (Wildman–Crippen LogP) is 9.76. The average molecular weight is 1010 g/mol. The van der Waals surface area contributed by atoms with E-state index in [9.17, 15) is 24.3 Å². The van der Waals surface area contributed by atoms with Crippen molar-refractivity contribution in [3.63, 3.8) is 0 Å². The first-order valence-electron chi connectivity index (χ1n) is 26.2. The maximum absolute atomic E-state index is 13.7. The van der Waals surface area contributed by atoms with Gasteiger partial charge in [0.25, 0.3) is 5.91 Å². The fraction of sp³-hybridized carbons (Fsp3) is 0.397. The summed E-state index contributed by atoms with van der Waals surface area (Å²) in [5, 5.41) is 22.3. The Balaban J connectivity index is 0.657. The molecule has 1 saturated carbocycles. The molecule has 1 aliphatic carbocycles. The molecule has 4 aliphatic rings. The summed E-state index contributed by atoms with van der Waals surface area (Å²) in [7, 11) is 1.92. The number of aromatic nitrogens is 4. The van der Waals surface area contributed by atoms with Crippen LogP contribution in [0.4, 0.5) is 16.6 Å². The maximum atomic E-state index is 13.7. The van der Waals surface area contributed by atoms with Crippen molar-refractivity contribution in [3.05, 3.63) is 125 Å². The van der Waals surface area contributed by atoms with Crippen LogP contribution in [-0.2, 0) is 29.6 Å². The molecular weight excluding hydrogens is 951 g/mol. The van der Waals surface area contributed by atoms with Gasteiger partial charge in [-0.3, -0.25) is 34.6 Å². The lowest BCUT2D eigenvalue weighted by atomic mass is 9.81. The van der Waals surface area contributed by atoms with E-state index in [4.69, 9.17) is 14.8 Å². The molecule has 4 aromatic carbocycles. The number of para-hydroxylation sites is 1. The lowest BCUT2D eigenvalue weighted by Crippen LogP contribution is -2.46. The molecule has 0 bridgehead atoms. The van der Waals surface area contributed by atoms with Gasteiger partial charge in [0.1, 0.15) is 11.6 Å². The SMILES string of the molecule is Cc1c(O[C@H]2CC[C@H](C[C@H](C)CCN3CCN(c4ccc5c(C6CCC(=O)NC6=O)nn(C)c5c4)CC3)CC2)cccc1-c1ccc(N2CCc3cccc(C(=O)Nc4nc5ccccc5s4)c3C2)nc1C(=O)O. The number of carboxylic acid groups (broad SMARTS) is 1. The number of aryl methyl sites for hydroxylation is 1. The van der Waals surface area contributed by atoms with E-state index < -0.39 is 11.9 Å². The lowest BCUT2D eigenvalue weighted by molar-refractivity contribution is -0.134. The summed E-state index contributed by atoms with van der Waals surface area (Å²) < 4.78 is 9.57. The largest absolute Gasteiger partial charge is 0.490 e. The van der Waals surface area contributed by atoms with Gasteiger partial charge in [-0.05, 0) is 154 Å². The van der Waals surface area contributed by atoms with Crippen LogP contribution in [0.15, 0.2) is 91.0 Å². The summed E-state index contributed by atoms with van der Waals surface area (Å²) in [5.41, 5.74) is 8.52. The van der Waals surface area contributed by atoms with E-state index in [1.54, 1.807) is 0 Å². The second-order valence-electron chi connectivity index (χ2n) is 20.8. The first-order chi connectivity index (χ1) is 35.9. The number of pyridine rings is 1. The molecule has 11 rings (SSSR count). The smallest absolute Gasteiger partial charge is 0.355 e. The predicted molar refractivity (Wildman–Crippen MR) is 289 cm³/mol. The van der Waals surface area contributed by atoms with Crippen molar-refractivity contribution < 1.29 is 29.0 Å². The second-order valence-corrected chi connectivity index (χ2v) is 21.8. The van der Waals surface area contributed by atoms with Crippen LogP contribution in [0.5, 0.6) is 5.75 Å². The van der Waals surface area contributed by atoms with Crippen molar-refractivity contribution in [2.45, 2.75) is 90.2 Å². The first-order valence-corrected chi connectivity index (χ1v) is 27.0. The van der Waals surface area contributed by atoms with Crippen LogP contribution in [0.1, 0.15) is 107 Å². The van der Waals surface area contributed by atoms with E-state index >= 15 is 0 Å². The van der Waals surface area contributed by atoms with Crippen molar-refractivity contribution in [2.75, 3.05) is 54.4 Å². The maximum Gasteiger partial charge on any atom is 0.355 e. The minimum atomic E-state index is -1.10. The third-order valence-corrected chi connectivity index (χ3v) is 16.9. The zero-order valence-electron chi connectivity index (χ0n) is 42.3. The van der Waals surface area contributed by atoms with Gasteiger partial charge >= 0.3 is 5.97 Å². The highest BCUT2D eigenvalue weighted by molar-refractivity contribution is 7.22. The lowest BCUT2D eigenvalue weighted by Gasteiger charge is -2.37. The number of amides is 3. The molecule has 3 aliphatic heterocycles. The van der Waals surface area contributed by atoms with Crippen LogP contribution in [0.2, 0.25) is 0 Å². The monoisotopic (exact) mass is 1010 g/mol. The number of anilines is 3. The van der Waals surface area contributed by atoms with Crippen molar-refractivity contribution in [3.8, 4) is 16.9 Å². The third kappa shape index (κ3) is 10.2. The number of ether oxygens (including phenoxy) is 1. The Hall–Kier alpha value is -7.17. The number of piperidine rings is 1. The molecule has 382 valence electrons. The zero-order valence-corrected chi connectivity index (χ0v) is 43.1. The molecule has 7 aromatic rings. The summed E-state index contributed by atoms with van der Waals surface area (Å²) in [6.45, 7) is 10.5.